The second kappa shape index (κ2) is 4.84. The number of rotatable bonds is 2. The molecular weight excluding hydrogens is 226 g/mol. The van der Waals surface area contributed by atoms with Gasteiger partial charge in [-0.25, -0.2) is 8.42 Å². The molecule has 0 radical (unpaired) electrons. The van der Waals surface area contributed by atoms with Gasteiger partial charge in [-0.3, -0.25) is 4.79 Å². The largest absolute Gasteiger partial charge is 0.298 e. The number of carbonyl (C=O) groups is 1. The van der Waals surface area contributed by atoms with Gasteiger partial charge in [-0.05, 0) is 19.3 Å². The summed E-state index contributed by atoms with van der Waals surface area (Å²) in [7, 11) is -3.21. The van der Waals surface area contributed by atoms with Crippen molar-refractivity contribution in [1.29, 1.82) is 0 Å². The van der Waals surface area contributed by atoms with Crippen LogP contribution in [0.15, 0.2) is 0 Å². The van der Waals surface area contributed by atoms with Gasteiger partial charge >= 0.3 is 0 Å². The molecule has 0 spiro atoms. The second-order valence-electron chi connectivity index (χ2n) is 4.78. The second-order valence-corrected chi connectivity index (χ2v) is 6.99. The van der Waals surface area contributed by atoms with Crippen LogP contribution in [0, 0.1) is 0 Å². The summed E-state index contributed by atoms with van der Waals surface area (Å²) < 4.78 is 25.9. The Morgan fingerprint density at radius 1 is 1.06 bits per heavy atom. The third kappa shape index (κ3) is 2.46. The van der Waals surface area contributed by atoms with E-state index in [1.165, 1.54) is 4.31 Å². The fourth-order valence-electron chi connectivity index (χ4n) is 2.60. The molecule has 0 aromatic heterocycles. The molecule has 1 aliphatic carbocycles. The first kappa shape index (κ1) is 12.0. The molecule has 1 saturated carbocycles. The fraction of sp³-hybridized carbons (Fsp3) is 0.909. The van der Waals surface area contributed by atoms with Crippen LogP contribution in [-0.4, -0.2) is 36.8 Å². The lowest BCUT2D eigenvalue weighted by atomic mass is 10.0. The third-order valence-electron chi connectivity index (χ3n) is 3.55. The Balaban J connectivity index is 2.07. The monoisotopic (exact) mass is 245 g/mol. The van der Waals surface area contributed by atoms with Crippen molar-refractivity contribution < 1.29 is 13.2 Å². The van der Waals surface area contributed by atoms with Gasteiger partial charge in [0.2, 0.25) is 10.0 Å². The van der Waals surface area contributed by atoms with E-state index in [9.17, 15) is 13.2 Å². The van der Waals surface area contributed by atoms with Gasteiger partial charge in [0.25, 0.3) is 0 Å². The van der Waals surface area contributed by atoms with Gasteiger partial charge in [-0.1, -0.05) is 19.3 Å². The van der Waals surface area contributed by atoms with Gasteiger partial charge in [0.05, 0.1) is 11.8 Å². The van der Waals surface area contributed by atoms with Crippen LogP contribution in [0.5, 0.6) is 0 Å². The average Bonchev–Trinajstić information content (AvgIpc) is 2.30. The maximum Gasteiger partial charge on any atom is 0.217 e. The molecule has 0 N–H and O–H groups in total. The van der Waals surface area contributed by atoms with E-state index >= 15 is 0 Å². The van der Waals surface area contributed by atoms with Crippen molar-refractivity contribution in [2.75, 3.05) is 13.1 Å². The summed E-state index contributed by atoms with van der Waals surface area (Å²) in [5, 5.41) is -0.229. The highest BCUT2D eigenvalue weighted by molar-refractivity contribution is 7.89. The number of carbonyl (C=O) groups excluding carboxylic acids is 1. The smallest absolute Gasteiger partial charge is 0.217 e. The minimum absolute atomic E-state index is 0.0608. The average molecular weight is 245 g/mol. The minimum Gasteiger partial charge on any atom is -0.298 e. The third-order valence-corrected chi connectivity index (χ3v) is 5.89. The number of piperidine rings is 1. The van der Waals surface area contributed by atoms with Crippen molar-refractivity contribution in [3.8, 4) is 0 Å². The van der Waals surface area contributed by atoms with Crippen molar-refractivity contribution in [3.05, 3.63) is 0 Å². The SMILES string of the molecule is O=C1CCCN(S(=O)(=O)C2CCCCC2)C1. The van der Waals surface area contributed by atoms with Crippen LogP contribution >= 0.6 is 0 Å². The van der Waals surface area contributed by atoms with Crippen molar-refractivity contribution in [3.63, 3.8) is 0 Å². The lowest BCUT2D eigenvalue weighted by Crippen LogP contribution is -2.45. The molecule has 0 aromatic carbocycles. The Morgan fingerprint density at radius 3 is 2.38 bits per heavy atom. The molecule has 1 aliphatic heterocycles. The molecule has 0 unspecified atom stereocenters. The normalized spacial score (nSPS) is 25.9. The minimum atomic E-state index is -3.21. The van der Waals surface area contributed by atoms with Crippen molar-refractivity contribution in [1.82, 2.24) is 4.31 Å². The molecule has 0 amide bonds. The lowest BCUT2D eigenvalue weighted by molar-refractivity contribution is -0.120. The van der Waals surface area contributed by atoms with Crippen LogP contribution in [0.2, 0.25) is 0 Å². The van der Waals surface area contributed by atoms with E-state index in [0.29, 0.717) is 19.4 Å². The van der Waals surface area contributed by atoms with E-state index in [2.05, 4.69) is 0 Å². The first-order valence-electron chi connectivity index (χ1n) is 6.11. The quantitative estimate of drug-likeness (QED) is 0.737. The lowest BCUT2D eigenvalue weighted by Gasteiger charge is -2.31. The zero-order valence-corrected chi connectivity index (χ0v) is 10.3. The van der Waals surface area contributed by atoms with Crippen molar-refractivity contribution >= 4 is 15.8 Å². The first-order valence-corrected chi connectivity index (χ1v) is 7.62. The van der Waals surface area contributed by atoms with Crippen molar-refractivity contribution in [2.24, 2.45) is 0 Å². The standard InChI is InChI=1S/C11H19NO3S/c13-10-5-4-8-12(9-10)16(14,15)11-6-2-1-3-7-11/h11H,1-9H2. The molecule has 92 valence electrons. The molecule has 1 saturated heterocycles. The number of sulfonamides is 1. The molecule has 1 heterocycles. The maximum atomic E-state index is 12.3. The molecule has 16 heavy (non-hydrogen) atoms. The van der Waals surface area contributed by atoms with Gasteiger partial charge in [0.15, 0.2) is 0 Å². The molecule has 0 aromatic rings. The molecular formula is C11H19NO3S. The van der Waals surface area contributed by atoms with E-state index in [1.54, 1.807) is 0 Å². The first-order chi connectivity index (χ1) is 7.60. The van der Waals surface area contributed by atoms with E-state index in [4.69, 9.17) is 0 Å². The predicted octanol–water partition coefficient (Wildman–Crippen LogP) is 1.31. The summed E-state index contributed by atoms with van der Waals surface area (Å²) in [4.78, 5) is 11.3. The topological polar surface area (TPSA) is 54.5 Å². The molecule has 4 nitrogen and oxygen atoms in total. The summed E-state index contributed by atoms with van der Waals surface area (Å²) in [6.07, 6.45) is 5.92. The summed E-state index contributed by atoms with van der Waals surface area (Å²) in [6.45, 7) is 0.642. The molecule has 0 bridgehead atoms. The van der Waals surface area contributed by atoms with Crippen LogP contribution in [0.1, 0.15) is 44.9 Å². The summed E-state index contributed by atoms with van der Waals surface area (Å²) in [5.74, 6) is 0.0608. The number of ketones is 1. The van der Waals surface area contributed by atoms with Crippen LogP contribution in [0.4, 0.5) is 0 Å². The maximum absolute atomic E-state index is 12.3. The fourth-order valence-corrected chi connectivity index (χ4v) is 4.66. The molecule has 2 aliphatic rings. The van der Waals surface area contributed by atoms with Crippen LogP contribution in [-0.2, 0) is 14.8 Å². The van der Waals surface area contributed by atoms with Crippen LogP contribution in [0.3, 0.4) is 0 Å². The van der Waals surface area contributed by atoms with Gasteiger partial charge in [0.1, 0.15) is 5.78 Å². The number of nitrogens with zero attached hydrogens (tertiary/aromatic N) is 1. The zero-order chi connectivity index (χ0) is 11.6. The highest BCUT2D eigenvalue weighted by atomic mass is 32.2. The highest BCUT2D eigenvalue weighted by Crippen LogP contribution is 2.27. The molecule has 2 fully saturated rings. The van der Waals surface area contributed by atoms with E-state index < -0.39 is 10.0 Å². The van der Waals surface area contributed by atoms with Gasteiger partial charge in [-0.2, -0.15) is 4.31 Å². The summed E-state index contributed by atoms with van der Waals surface area (Å²) in [6, 6.07) is 0. The predicted molar refractivity (Wildman–Crippen MR) is 61.6 cm³/mol. The van der Waals surface area contributed by atoms with E-state index in [0.717, 1.165) is 32.1 Å². The number of Topliss-reactive ketones (excluding diaryl/α,β-unsaturated/α-hetero) is 1. The number of hydrogen-bond donors (Lipinski definition) is 0. The summed E-state index contributed by atoms with van der Waals surface area (Å²) in [5.41, 5.74) is 0. The Bertz CT molecular complexity index is 357. The molecule has 2 rings (SSSR count). The van der Waals surface area contributed by atoms with Crippen LogP contribution in [0.25, 0.3) is 0 Å². The Labute approximate surface area is 97.1 Å². The highest BCUT2D eigenvalue weighted by Gasteiger charge is 2.35. The number of hydrogen-bond acceptors (Lipinski definition) is 3. The zero-order valence-electron chi connectivity index (χ0n) is 9.52. The van der Waals surface area contributed by atoms with Gasteiger partial charge in [0, 0.05) is 13.0 Å². The van der Waals surface area contributed by atoms with Gasteiger partial charge < -0.3 is 0 Å². The van der Waals surface area contributed by atoms with E-state index in [-0.39, 0.29) is 17.6 Å². The summed E-state index contributed by atoms with van der Waals surface area (Å²) >= 11 is 0. The van der Waals surface area contributed by atoms with Crippen molar-refractivity contribution in [2.45, 2.75) is 50.2 Å². The Morgan fingerprint density at radius 2 is 1.75 bits per heavy atom. The van der Waals surface area contributed by atoms with Crippen LogP contribution < -0.4 is 0 Å². The Hall–Kier alpha value is -0.420. The Kier molecular flexibility index (Phi) is 3.64. The van der Waals surface area contributed by atoms with Gasteiger partial charge in [-0.15, -0.1) is 0 Å². The van der Waals surface area contributed by atoms with E-state index in [1.807, 2.05) is 0 Å². The molecule has 0 atom stereocenters. The molecule has 5 heteroatoms.